The zero-order valence-corrected chi connectivity index (χ0v) is 13.3. The van der Waals surface area contributed by atoms with Crippen LogP contribution in [0.5, 0.6) is 0 Å². The highest BCUT2D eigenvalue weighted by molar-refractivity contribution is 6.39. The highest BCUT2D eigenvalue weighted by atomic mass is 16.6. The molecule has 1 aliphatic heterocycles. The quantitative estimate of drug-likeness (QED) is 0.863. The summed E-state index contributed by atoms with van der Waals surface area (Å²) in [6.07, 6.45) is 0.338. The fourth-order valence-corrected chi connectivity index (χ4v) is 2.68. The molecular weight excluding hydrogens is 288 g/mol. The van der Waals surface area contributed by atoms with E-state index < -0.39 is 0 Å². The van der Waals surface area contributed by atoms with Crippen LogP contribution in [0.15, 0.2) is 65.8 Å². The van der Waals surface area contributed by atoms with Crippen LogP contribution in [-0.4, -0.2) is 23.6 Å². The van der Waals surface area contributed by atoms with Crippen LogP contribution in [0.25, 0.3) is 0 Å². The zero-order chi connectivity index (χ0) is 16.2. The van der Waals surface area contributed by atoms with Crippen LogP contribution in [0.3, 0.4) is 0 Å². The second kappa shape index (κ2) is 6.65. The minimum Gasteiger partial charge on any atom is -0.387 e. The minimum absolute atomic E-state index is 0.0119. The van der Waals surface area contributed by atoms with Crippen LogP contribution < -0.4 is 0 Å². The molecule has 118 valence electrons. The van der Waals surface area contributed by atoms with Crippen LogP contribution in [0.4, 0.5) is 0 Å². The molecule has 0 N–H and O–H groups in total. The van der Waals surface area contributed by atoms with E-state index in [1.165, 1.54) is 0 Å². The molecule has 3 rings (SSSR count). The molecule has 0 saturated carbocycles. The van der Waals surface area contributed by atoms with Crippen LogP contribution in [0.2, 0.25) is 0 Å². The lowest BCUT2D eigenvalue weighted by Crippen LogP contribution is -2.34. The maximum Gasteiger partial charge on any atom is 0.272 e. The molecule has 0 aliphatic carbocycles. The van der Waals surface area contributed by atoms with Gasteiger partial charge in [0, 0.05) is 13.5 Å². The van der Waals surface area contributed by atoms with Crippen LogP contribution in [-0.2, 0) is 9.63 Å². The maximum atomic E-state index is 12.7. The average Bonchev–Trinajstić information content (AvgIpc) is 3.11. The molecule has 4 heteroatoms. The first-order valence-electron chi connectivity index (χ1n) is 7.76. The molecule has 1 aliphatic rings. The van der Waals surface area contributed by atoms with Crippen LogP contribution in [0.1, 0.15) is 36.6 Å². The van der Waals surface area contributed by atoms with Gasteiger partial charge in [-0.15, -0.1) is 0 Å². The van der Waals surface area contributed by atoms with E-state index in [0.29, 0.717) is 12.1 Å². The molecule has 0 fully saturated rings. The van der Waals surface area contributed by atoms with Gasteiger partial charge < -0.3 is 9.74 Å². The fraction of sp³-hybridized carbons (Fsp3) is 0.263. The lowest BCUT2D eigenvalue weighted by molar-refractivity contribution is -0.124. The molecule has 2 aromatic carbocycles. The molecular formula is C19H20N2O2. The summed E-state index contributed by atoms with van der Waals surface area (Å²) in [5.41, 5.74) is 2.62. The van der Waals surface area contributed by atoms with Crippen molar-refractivity contribution in [1.29, 1.82) is 0 Å². The van der Waals surface area contributed by atoms with Gasteiger partial charge in [0.15, 0.2) is 6.10 Å². The highest BCUT2D eigenvalue weighted by Gasteiger charge is 2.30. The number of rotatable bonds is 4. The monoisotopic (exact) mass is 308 g/mol. The first-order valence-corrected chi connectivity index (χ1v) is 7.76. The van der Waals surface area contributed by atoms with E-state index in [-0.39, 0.29) is 18.1 Å². The molecule has 2 atom stereocenters. The van der Waals surface area contributed by atoms with Crippen molar-refractivity contribution < 1.29 is 9.63 Å². The highest BCUT2D eigenvalue weighted by Crippen LogP contribution is 2.28. The van der Waals surface area contributed by atoms with Gasteiger partial charge in [0.1, 0.15) is 5.71 Å². The van der Waals surface area contributed by atoms with Crippen molar-refractivity contribution in [3.8, 4) is 0 Å². The third-order valence-electron chi connectivity index (χ3n) is 4.27. The Labute approximate surface area is 136 Å². The van der Waals surface area contributed by atoms with Crippen molar-refractivity contribution in [2.75, 3.05) is 7.05 Å². The Morgan fingerprint density at radius 1 is 1.13 bits per heavy atom. The summed E-state index contributed by atoms with van der Waals surface area (Å²) in [7, 11) is 1.80. The molecule has 4 nitrogen and oxygen atoms in total. The topological polar surface area (TPSA) is 41.9 Å². The first kappa shape index (κ1) is 15.3. The minimum atomic E-state index is -0.171. The standard InChI is InChI=1S/C19H20N2O2/c1-14(15-9-5-3-6-10-15)21(2)19(22)17-13-18(23-20-17)16-11-7-4-8-12-16/h3-12,14,18H,13H2,1-2H3/t14-,18-/m1/s1. The van der Waals surface area contributed by atoms with Gasteiger partial charge in [-0.1, -0.05) is 65.8 Å². The summed E-state index contributed by atoms with van der Waals surface area (Å²) >= 11 is 0. The number of carbonyl (C=O) groups is 1. The van der Waals surface area contributed by atoms with Gasteiger partial charge in [0.05, 0.1) is 6.04 Å². The van der Waals surface area contributed by atoms with Gasteiger partial charge in [-0.3, -0.25) is 4.79 Å². The van der Waals surface area contributed by atoms with Crippen molar-refractivity contribution in [3.63, 3.8) is 0 Å². The normalized spacial score (nSPS) is 18.0. The van der Waals surface area contributed by atoms with E-state index in [4.69, 9.17) is 4.84 Å². The number of carbonyl (C=O) groups excluding carboxylic acids is 1. The number of hydrogen-bond donors (Lipinski definition) is 0. The molecule has 2 aromatic rings. The Bertz CT molecular complexity index is 698. The summed E-state index contributed by atoms with van der Waals surface area (Å²) < 4.78 is 0. The van der Waals surface area contributed by atoms with Crippen molar-refractivity contribution in [3.05, 3.63) is 71.8 Å². The number of benzene rings is 2. The smallest absolute Gasteiger partial charge is 0.272 e. The third kappa shape index (κ3) is 3.26. The Morgan fingerprint density at radius 3 is 2.39 bits per heavy atom. The number of nitrogens with zero attached hydrogens (tertiary/aromatic N) is 2. The van der Waals surface area contributed by atoms with Gasteiger partial charge >= 0.3 is 0 Å². The van der Waals surface area contributed by atoms with E-state index in [1.807, 2.05) is 67.6 Å². The summed E-state index contributed by atoms with van der Waals surface area (Å²) in [5, 5.41) is 4.02. The predicted octanol–water partition coefficient (Wildman–Crippen LogP) is 3.72. The molecule has 0 unspecified atom stereocenters. The molecule has 23 heavy (non-hydrogen) atoms. The Balaban J connectivity index is 1.67. The molecule has 1 amide bonds. The summed E-state index contributed by atoms with van der Waals surface area (Å²) in [4.78, 5) is 19.8. The maximum absolute atomic E-state index is 12.7. The summed E-state index contributed by atoms with van der Waals surface area (Å²) in [6.45, 7) is 2.01. The van der Waals surface area contributed by atoms with E-state index in [2.05, 4.69) is 5.16 Å². The van der Waals surface area contributed by atoms with E-state index in [1.54, 1.807) is 11.9 Å². The third-order valence-corrected chi connectivity index (χ3v) is 4.27. The SMILES string of the molecule is C[C@H](c1ccccc1)N(C)C(=O)C1=NO[C@@H](c2ccccc2)C1. The molecule has 0 bridgehead atoms. The van der Waals surface area contributed by atoms with Crippen LogP contribution in [0, 0.1) is 0 Å². The lowest BCUT2D eigenvalue weighted by Gasteiger charge is -2.25. The Kier molecular flexibility index (Phi) is 4.42. The second-order valence-corrected chi connectivity index (χ2v) is 5.75. The van der Waals surface area contributed by atoms with Crippen LogP contribution >= 0.6 is 0 Å². The van der Waals surface area contributed by atoms with E-state index in [0.717, 1.165) is 11.1 Å². The number of hydrogen-bond acceptors (Lipinski definition) is 3. The molecule has 0 radical (unpaired) electrons. The van der Waals surface area contributed by atoms with Crippen molar-refractivity contribution in [2.24, 2.45) is 5.16 Å². The fourth-order valence-electron chi connectivity index (χ4n) is 2.68. The van der Waals surface area contributed by atoms with Gasteiger partial charge in [-0.25, -0.2) is 0 Å². The zero-order valence-electron chi connectivity index (χ0n) is 13.3. The van der Waals surface area contributed by atoms with Gasteiger partial charge in [0.25, 0.3) is 5.91 Å². The lowest BCUT2D eigenvalue weighted by atomic mass is 10.0. The molecule has 1 heterocycles. The van der Waals surface area contributed by atoms with Gasteiger partial charge in [-0.05, 0) is 18.1 Å². The van der Waals surface area contributed by atoms with Crippen molar-refractivity contribution in [1.82, 2.24) is 4.90 Å². The second-order valence-electron chi connectivity index (χ2n) is 5.75. The van der Waals surface area contributed by atoms with Gasteiger partial charge in [0.2, 0.25) is 0 Å². The number of oxime groups is 1. The molecule has 0 spiro atoms. The van der Waals surface area contributed by atoms with E-state index in [9.17, 15) is 4.79 Å². The largest absolute Gasteiger partial charge is 0.387 e. The predicted molar refractivity (Wildman–Crippen MR) is 89.9 cm³/mol. The Morgan fingerprint density at radius 2 is 1.74 bits per heavy atom. The first-order chi connectivity index (χ1) is 11.2. The number of amides is 1. The van der Waals surface area contributed by atoms with Gasteiger partial charge in [-0.2, -0.15) is 0 Å². The average molecular weight is 308 g/mol. The Hall–Kier alpha value is -2.62. The van der Waals surface area contributed by atoms with Crippen molar-refractivity contribution in [2.45, 2.75) is 25.5 Å². The van der Waals surface area contributed by atoms with E-state index >= 15 is 0 Å². The summed E-state index contributed by atoms with van der Waals surface area (Å²) in [5.74, 6) is -0.0835. The molecule has 0 saturated heterocycles. The summed E-state index contributed by atoms with van der Waals surface area (Å²) in [6, 6.07) is 19.8. The van der Waals surface area contributed by atoms with Crippen molar-refractivity contribution >= 4 is 11.6 Å². The molecule has 0 aromatic heterocycles.